The Kier molecular flexibility index (Phi) is 2.60. The van der Waals surface area contributed by atoms with Crippen LogP contribution in [0.25, 0.3) is 11.5 Å². The molecule has 80 valence electrons. The lowest BCUT2D eigenvalue weighted by Gasteiger charge is -2.00. The maximum atomic E-state index is 5.35. The molecule has 1 N–H and O–H groups in total. The van der Waals surface area contributed by atoms with Crippen LogP contribution in [0.5, 0.6) is 0 Å². The lowest BCUT2D eigenvalue weighted by Crippen LogP contribution is -2.10. The highest BCUT2D eigenvalue weighted by molar-refractivity contribution is 5.55. The van der Waals surface area contributed by atoms with E-state index in [1.54, 1.807) is 6.26 Å². The zero-order valence-corrected chi connectivity index (χ0v) is 9.24. The summed E-state index contributed by atoms with van der Waals surface area (Å²) in [5, 5.41) is 3.10. The fraction of sp³-hybridized carbons (Fsp3) is 0.364. The Balaban J connectivity index is 2.45. The highest BCUT2D eigenvalue weighted by Gasteiger charge is 2.13. The van der Waals surface area contributed by atoms with Crippen molar-refractivity contribution >= 4 is 0 Å². The molecular weight excluding hydrogens is 190 g/mol. The fourth-order valence-electron chi connectivity index (χ4n) is 1.60. The van der Waals surface area contributed by atoms with Crippen molar-refractivity contribution < 1.29 is 4.42 Å². The van der Waals surface area contributed by atoms with E-state index >= 15 is 0 Å². The molecule has 0 aliphatic carbocycles. The molecule has 2 rings (SSSR count). The summed E-state index contributed by atoms with van der Waals surface area (Å²) in [4.78, 5) is 4.55. The average molecular weight is 205 g/mol. The molecule has 0 fully saturated rings. The topological polar surface area (TPSA) is 43.0 Å². The maximum absolute atomic E-state index is 5.35. The van der Waals surface area contributed by atoms with Crippen LogP contribution in [-0.4, -0.2) is 16.6 Å². The minimum atomic E-state index is 0.762. The standard InChI is InChI=1S/C11H15N3O/c1-8-11(9-5-4-6-15-9)13-10(7-12-2)14(8)3/h4-6,12H,7H2,1-3H3. The first kappa shape index (κ1) is 9.98. The summed E-state index contributed by atoms with van der Waals surface area (Å²) in [6.45, 7) is 2.81. The van der Waals surface area contributed by atoms with Crippen LogP contribution in [0.3, 0.4) is 0 Å². The molecule has 2 aromatic heterocycles. The van der Waals surface area contributed by atoms with Gasteiger partial charge in [0.15, 0.2) is 5.76 Å². The van der Waals surface area contributed by atoms with Gasteiger partial charge in [-0.25, -0.2) is 4.98 Å². The van der Waals surface area contributed by atoms with E-state index in [0.717, 1.165) is 29.5 Å². The molecule has 0 unspecified atom stereocenters. The van der Waals surface area contributed by atoms with Crippen LogP contribution in [0.2, 0.25) is 0 Å². The molecule has 4 nitrogen and oxygen atoms in total. The Bertz CT molecular complexity index is 443. The van der Waals surface area contributed by atoms with Crippen LogP contribution < -0.4 is 5.32 Å². The predicted octanol–water partition coefficient (Wildman–Crippen LogP) is 1.71. The first-order chi connectivity index (χ1) is 7.24. The van der Waals surface area contributed by atoms with Crippen molar-refractivity contribution in [2.24, 2.45) is 7.05 Å². The Morgan fingerprint density at radius 3 is 2.93 bits per heavy atom. The van der Waals surface area contributed by atoms with E-state index in [1.165, 1.54) is 0 Å². The summed E-state index contributed by atoms with van der Waals surface area (Å²) >= 11 is 0. The molecule has 4 heteroatoms. The minimum absolute atomic E-state index is 0.762. The Morgan fingerprint density at radius 1 is 1.53 bits per heavy atom. The minimum Gasteiger partial charge on any atom is -0.463 e. The molecule has 0 aliphatic heterocycles. The summed E-state index contributed by atoms with van der Waals surface area (Å²) in [5.41, 5.74) is 2.04. The summed E-state index contributed by atoms with van der Waals surface area (Å²) < 4.78 is 7.43. The molecule has 0 radical (unpaired) electrons. The van der Waals surface area contributed by atoms with Gasteiger partial charge >= 0.3 is 0 Å². The smallest absolute Gasteiger partial charge is 0.154 e. The van der Waals surface area contributed by atoms with Crippen LogP contribution in [-0.2, 0) is 13.6 Å². The Morgan fingerprint density at radius 2 is 2.33 bits per heavy atom. The van der Waals surface area contributed by atoms with E-state index in [2.05, 4.69) is 14.9 Å². The highest BCUT2D eigenvalue weighted by atomic mass is 16.3. The van der Waals surface area contributed by atoms with Crippen molar-refractivity contribution in [1.29, 1.82) is 0 Å². The van der Waals surface area contributed by atoms with Gasteiger partial charge < -0.3 is 14.3 Å². The molecule has 0 atom stereocenters. The second-order valence-electron chi connectivity index (χ2n) is 3.53. The van der Waals surface area contributed by atoms with Gasteiger partial charge in [0.2, 0.25) is 0 Å². The van der Waals surface area contributed by atoms with Crippen LogP contribution >= 0.6 is 0 Å². The molecular formula is C11H15N3O. The quantitative estimate of drug-likeness (QED) is 0.829. The van der Waals surface area contributed by atoms with Crippen molar-refractivity contribution in [3.63, 3.8) is 0 Å². The van der Waals surface area contributed by atoms with Gasteiger partial charge in [0.05, 0.1) is 12.8 Å². The highest BCUT2D eigenvalue weighted by Crippen LogP contribution is 2.23. The van der Waals surface area contributed by atoms with Crippen LogP contribution in [0.4, 0.5) is 0 Å². The third-order valence-corrected chi connectivity index (χ3v) is 2.56. The molecule has 2 heterocycles. The maximum Gasteiger partial charge on any atom is 0.154 e. The molecule has 0 aliphatic rings. The van der Waals surface area contributed by atoms with E-state index in [9.17, 15) is 0 Å². The van der Waals surface area contributed by atoms with Gasteiger partial charge in [0.25, 0.3) is 0 Å². The van der Waals surface area contributed by atoms with Crippen LogP contribution in [0, 0.1) is 6.92 Å². The van der Waals surface area contributed by atoms with E-state index in [0.29, 0.717) is 0 Å². The summed E-state index contributed by atoms with van der Waals surface area (Å²) in [6.07, 6.45) is 1.67. The Labute approximate surface area is 88.9 Å². The van der Waals surface area contributed by atoms with Gasteiger partial charge in [0.1, 0.15) is 11.5 Å². The van der Waals surface area contributed by atoms with Gasteiger partial charge in [0, 0.05) is 12.7 Å². The van der Waals surface area contributed by atoms with Crippen molar-refractivity contribution in [1.82, 2.24) is 14.9 Å². The van der Waals surface area contributed by atoms with Gasteiger partial charge in [-0.3, -0.25) is 0 Å². The van der Waals surface area contributed by atoms with E-state index in [4.69, 9.17) is 4.42 Å². The average Bonchev–Trinajstić information content (AvgIpc) is 2.82. The summed E-state index contributed by atoms with van der Waals surface area (Å²) in [5.74, 6) is 1.84. The molecule has 0 aromatic carbocycles. The van der Waals surface area contributed by atoms with Gasteiger partial charge in [-0.1, -0.05) is 0 Å². The molecule has 0 saturated heterocycles. The molecule has 0 saturated carbocycles. The second kappa shape index (κ2) is 3.90. The molecule has 0 bridgehead atoms. The first-order valence-electron chi connectivity index (χ1n) is 4.94. The number of nitrogens with zero attached hydrogens (tertiary/aromatic N) is 2. The first-order valence-corrected chi connectivity index (χ1v) is 4.94. The van der Waals surface area contributed by atoms with Crippen LogP contribution in [0.15, 0.2) is 22.8 Å². The molecule has 0 spiro atoms. The second-order valence-corrected chi connectivity index (χ2v) is 3.53. The summed E-state index contributed by atoms with van der Waals surface area (Å²) in [6, 6.07) is 3.81. The number of furan rings is 1. The lowest BCUT2D eigenvalue weighted by atomic mass is 10.3. The molecule has 0 amide bonds. The summed E-state index contributed by atoms with van der Waals surface area (Å²) in [7, 11) is 3.93. The number of imidazole rings is 1. The third kappa shape index (κ3) is 1.68. The third-order valence-electron chi connectivity index (χ3n) is 2.56. The van der Waals surface area contributed by atoms with E-state index < -0.39 is 0 Å². The fourth-order valence-corrected chi connectivity index (χ4v) is 1.60. The number of hydrogen-bond acceptors (Lipinski definition) is 3. The van der Waals surface area contributed by atoms with Crippen molar-refractivity contribution in [2.45, 2.75) is 13.5 Å². The molecule has 15 heavy (non-hydrogen) atoms. The number of hydrogen-bond donors (Lipinski definition) is 1. The normalized spacial score (nSPS) is 10.9. The number of rotatable bonds is 3. The SMILES string of the molecule is CNCc1nc(-c2ccco2)c(C)n1C. The van der Waals surface area contributed by atoms with Gasteiger partial charge in [-0.15, -0.1) is 0 Å². The van der Waals surface area contributed by atoms with Crippen LogP contribution in [0.1, 0.15) is 11.5 Å². The van der Waals surface area contributed by atoms with Crippen molar-refractivity contribution in [3.8, 4) is 11.5 Å². The van der Waals surface area contributed by atoms with E-state index in [-0.39, 0.29) is 0 Å². The monoisotopic (exact) mass is 205 g/mol. The van der Waals surface area contributed by atoms with Crippen molar-refractivity contribution in [3.05, 3.63) is 29.9 Å². The zero-order chi connectivity index (χ0) is 10.8. The predicted molar refractivity (Wildman–Crippen MR) is 58.4 cm³/mol. The van der Waals surface area contributed by atoms with Gasteiger partial charge in [-0.05, 0) is 26.1 Å². The Hall–Kier alpha value is -1.55. The van der Waals surface area contributed by atoms with Crippen molar-refractivity contribution in [2.75, 3.05) is 7.05 Å². The number of nitrogens with one attached hydrogen (secondary N) is 1. The van der Waals surface area contributed by atoms with Gasteiger partial charge in [-0.2, -0.15) is 0 Å². The van der Waals surface area contributed by atoms with E-state index in [1.807, 2.05) is 33.2 Å². The number of aromatic nitrogens is 2. The largest absolute Gasteiger partial charge is 0.463 e. The lowest BCUT2D eigenvalue weighted by molar-refractivity contribution is 0.579. The molecule has 2 aromatic rings. The zero-order valence-electron chi connectivity index (χ0n) is 9.24.